The van der Waals surface area contributed by atoms with Crippen LogP contribution in [0.3, 0.4) is 0 Å². The van der Waals surface area contributed by atoms with E-state index in [1.165, 1.54) is 37.8 Å². The Morgan fingerprint density at radius 1 is 1.00 bits per heavy atom. The molecule has 0 unspecified atom stereocenters. The lowest BCUT2D eigenvalue weighted by Gasteiger charge is -2.28. The Hall–Kier alpha value is -1.22. The molecule has 1 N–H and O–H groups in total. The molecule has 22 heavy (non-hydrogen) atoms. The summed E-state index contributed by atoms with van der Waals surface area (Å²) in [6, 6.07) is 3.08. The van der Waals surface area contributed by atoms with Gasteiger partial charge in [0, 0.05) is 38.3 Å². The number of methoxy groups -OCH3 is 3. The molecule has 0 spiro atoms. The first-order valence-electron chi connectivity index (χ1n) is 6.55. The zero-order valence-electron chi connectivity index (χ0n) is 12.8. The molecule has 1 aromatic rings. The van der Waals surface area contributed by atoms with Gasteiger partial charge in [0.1, 0.15) is 17.2 Å². The number of halogens is 1. The van der Waals surface area contributed by atoms with Crippen LogP contribution in [0.4, 0.5) is 0 Å². The van der Waals surface area contributed by atoms with Crippen molar-refractivity contribution in [3.05, 3.63) is 12.1 Å². The Morgan fingerprint density at radius 3 is 1.91 bits per heavy atom. The highest BCUT2D eigenvalue weighted by Crippen LogP contribution is 2.39. The molecule has 0 saturated carbocycles. The van der Waals surface area contributed by atoms with Crippen molar-refractivity contribution in [2.45, 2.75) is 4.90 Å². The van der Waals surface area contributed by atoms with Gasteiger partial charge in [0.2, 0.25) is 0 Å². The van der Waals surface area contributed by atoms with E-state index in [1.54, 1.807) is 0 Å². The second-order valence-corrected chi connectivity index (χ2v) is 6.39. The number of hydrogen-bond donors (Lipinski definition) is 1. The van der Waals surface area contributed by atoms with Gasteiger partial charge < -0.3 is 19.5 Å². The van der Waals surface area contributed by atoms with Gasteiger partial charge in [0.25, 0.3) is 10.0 Å². The molecule has 1 aliphatic rings. The maximum atomic E-state index is 12.8. The first-order valence-corrected chi connectivity index (χ1v) is 7.99. The van der Waals surface area contributed by atoms with Crippen LogP contribution in [-0.2, 0) is 10.0 Å². The van der Waals surface area contributed by atoms with Crippen LogP contribution >= 0.6 is 12.4 Å². The zero-order chi connectivity index (χ0) is 15.5. The Bertz CT molecular complexity index is 577. The van der Waals surface area contributed by atoms with Crippen molar-refractivity contribution < 1.29 is 22.6 Å². The summed E-state index contributed by atoms with van der Waals surface area (Å²) < 4.78 is 42.7. The molecule has 9 heteroatoms. The molecule has 1 fully saturated rings. The van der Waals surface area contributed by atoms with Gasteiger partial charge in [-0.05, 0) is 0 Å². The lowest BCUT2D eigenvalue weighted by Crippen LogP contribution is -2.46. The highest BCUT2D eigenvalue weighted by atomic mass is 35.5. The van der Waals surface area contributed by atoms with Gasteiger partial charge in [0.15, 0.2) is 4.90 Å². The smallest absolute Gasteiger partial charge is 0.250 e. The fraction of sp³-hybridized carbons (Fsp3) is 0.538. The molecule has 0 bridgehead atoms. The Labute approximate surface area is 137 Å². The average Bonchev–Trinajstić information content (AvgIpc) is 2.54. The van der Waals surface area contributed by atoms with E-state index in [1.807, 2.05) is 0 Å². The first-order chi connectivity index (χ1) is 10.0. The predicted octanol–water partition coefficient (Wildman–Crippen LogP) is 0.728. The summed E-state index contributed by atoms with van der Waals surface area (Å²) >= 11 is 0. The molecule has 1 heterocycles. The van der Waals surface area contributed by atoms with Crippen LogP contribution in [0.15, 0.2) is 17.0 Å². The van der Waals surface area contributed by atoms with Gasteiger partial charge in [-0.25, -0.2) is 8.42 Å². The molecule has 0 aromatic heterocycles. The van der Waals surface area contributed by atoms with Gasteiger partial charge in [-0.1, -0.05) is 0 Å². The van der Waals surface area contributed by atoms with E-state index in [4.69, 9.17) is 14.2 Å². The zero-order valence-corrected chi connectivity index (χ0v) is 14.4. The second-order valence-electron chi connectivity index (χ2n) is 4.52. The Morgan fingerprint density at radius 2 is 1.50 bits per heavy atom. The average molecular weight is 353 g/mol. The number of hydrogen-bond acceptors (Lipinski definition) is 6. The molecular formula is C13H21ClN2O5S. The SMILES string of the molecule is COc1cc(OC)c(S(=O)(=O)N2CCNCC2)c(OC)c1.Cl. The Balaban J connectivity index is 0.00000242. The third-order valence-corrected chi connectivity index (χ3v) is 5.31. The van der Waals surface area contributed by atoms with Crippen LogP contribution in [-0.4, -0.2) is 60.2 Å². The first kappa shape index (κ1) is 18.8. The minimum atomic E-state index is -3.68. The van der Waals surface area contributed by atoms with E-state index in [0.717, 1.165) is 0 Å². The number of benzene rings is 1. The fourth-order valence-corrected chi connectivity index (χ4v) is 3.96. The van der Waals surface area contributed by atoms with Gasteiger partial charge in [-0.3, -0.25) is 0 Å². The third kappa shape index (κ3) is 3.57. The molecule has 2 rings (SSSR count). The summed E-state index contributed by atoms with van der Waals surface area (Å²) in [5, 5.41) is 3.13. The number of nitrogens with zero attached hydrogens (tertiary/aromatic N) is 1. The van der Waals surface area contributed by atoms with E-state index in [2.05, 4.69) is 5.32 Å². The molecule has 0 atom stereocenters. The van der Waals surface area contributed by atoms with Crippen LogP contribution in [0, 0.1) is 0 Å². The van der Waals surface area contributed by atoms with E-state index in [-0.39, 0.29) is 28.8 Å². The molecule has 1 aliphatic heterocycles. The van der Waals surface area contributed by atoms with E-state index in [0.29, 0.717) is 31.9 Å². The predicted molar refractivity (Wildman–Crippen MR) is 85.0 cm³/mol. The van der Waals surface area contributed by atoms with E-state index >= 15 is 0 Å². The summed E-state index contributed by atoms with van der Waals surface area (Å²) in [5.74, 6) is 0.900. The van der Waals surface area contributed by atoms with Gasteiger partial charge >= 0.3 is 0 Å². The van der Waals surface area contributed by atoms with Gasteiger partial charge in [0.05, 0.1) is 21.3 Å². The highest BCUT2D eigenvalue weighted by Gasteiger charge is 2.32. The topological polar surface area (TPSA) is 77.1 Å². The van der Waals surface area contributed by atoms with Crippen LogP contribution in [0.2, 0.25) is 0 Å². The fourth-order valence-electron chi connectivity index (χ4n) is 2.24. The van der Waals surface area contributed by atoms with Crippen LogP contribution in [0.25, 0.3) is 0 Å². The standard InChI is InChI=1S/C13H20N2O5S.ClH/c1-18-10-8-11(19-2)13(12(9-10)20-3)21(16,17)15-6-4-14-5-7-15;/h8-9,14H,4-7H2,1-3H3;1H. The second kappa shape index (κ2) is 7.87. The molecular weight excluding hydrogens is 332 g/mol. The van der Waals surface area contributed by atoms with Gasteiger partial charge in [-0.15, -0.1) is 12.4 Å². The summed E-state index contributed by atoms with van der Waals surface area (Å²) in [5.41, 5.74) is 0. The van der Waals surface area contributed by atoms with Crippen molar-refractivity contribution in [2.24, 2.45) is 0 Å². The molecule has 1 saturated heterocycles. The van der Waals surface area contributed by atoms with Crippen molar-refractivity contribution in [2.75, 3.05) is 47.5 Å². The molecule has 1 aromatic carbocycles. The summed E-state index contributed by atoms with van der Waals surface area (Å²) in [7, 11) is 0.657. The maximum Gasteiger partial charge on any atom is 0.250 e. The van der Waals surface area contributed by atoms with E-state index < -0.39 is 10.0 Å². The van der Waals surface area contributed by atoms with E-state index in [9.17, 15) is 8.42 Å². The largest absolute Gasteiger partial charge is 0.496 e. The maximum absolute atomic E-state index is 12.8. The third-order valence-electron chi connectivity index (χ3n) is 3.34. The van der Waals surface area contributed by atoms with Crippen LogP contribution in [0.5, 0.6) is 17.2 Å². The monoisotopic (exact) mass is 352 g/mol. The van der Waals surface area contributed by atoms with Crippen molar-refractivity contribution >= 4 is 22.4 Å². The number of sulfonamides is 1. The van der Waals surface area contributed by atoms with Crippen LogP contribution < -0.4 is 19.5 Å². The number of ether oxygens (including phenoxy) is 3. The van der Waals surface area contributed by atoms with Crippen molar-refractivity contribution in [1.82, 2.24) is 9.62 Å². The molecule has 126 valence electrons. The molecule has 0 amide bonds. The normalized spacial score (nSPS) is 15.8. The highest BCUT2D eigenvalue weighted by molar-refractivity contribution is 7.89. The van der Waals surface area contributed by atoms with Crippen molar-refractivity contribution in [1.29, 1.82) is 0 Å². The number of rotatable bonds is 5. The van der Waals surface area contributed by atoms with Crippen molar-refractivity contribution in [3.8, 4) is 17.2 Å². The number of piperazine rings is 1. The lowest BCUT2D eigenvalue weighted by molar-refractivity contribution is 0.340. The minimum absolute atomic E-state index is 0. The van der Waals surface area contributed by atoms with Crippen LogP contribution in [0.1, 0.15) is 0 Å². The van der Waals surface area contributed by atoms with Gasteiger partial charge in [-0.2, -0.15) is 4.31 Å². The molecule has 0 radical (unpaired) electrons. The molecule has 0 aliphatic carbocycles. The molecule has 7 nitrogen and oxygen atoms in total. The van der Waals surface area contributed by atoms with Crippen molar-refractivity contribution in [3.63, 3.8) is 0 Å². The lowest BCUT2D eigenvalue weighted by atomic mass is 10.3. The minimum Gasteiger partial charge on any atom is -0.496 e. The Kier molecular flexibility index (Phi) is 6.73. The summed E-state index contributed by atoms with van der Waals surface area (Å²) in [4.78, 5) is 0.0372. The summed E-state index contributed by atoms with van der Waals surface area (Å²) in [6.07, 6.45) is 0. The summed E-state index contributed by atoms with van der Waals surface area (Å²) in [6.45, 7) is 2.08. The quantitative estimate of drug-likeness (QED) is 0.841. The number of nitrogens with one attached hydrogen (secondary N) is 1.